The molecule has 0 spiro atoms. The first-order valence-corrected chi connectivity index (χ1v) is 10.7. The van der Waals surface area contributed by atoms with Crippen molar-refractivity contribution in [2.75, 3.05) is 0 Å². The quantitative estimate of drug-likeness (QED) is 0.616. The van der Waals surface area contributed by atoms with E-state index in [0.29, 0.717) is 6.61 Å². The van der Waals surface area contributed by atoms with E-state index in [1.54, 1.807) is 6.92 Å². The summed E-state index contributed by atoms with van der Waals surface area (Å²) in [7, 11) is 0. The lowest BCUT2D eigenvalue weighted by Crippen LogP contribution is -2.59. The standard InChI is InChI=1S/C23H26O6S/c1-15-20(28-16(2)24)21(29-17(3)25)22(26-14-18-10-6-4-7-11-18)23(27-15)30-19-12-8-5-9-13-19/h4-13,15,20-23H,14H2,1-3H3/t15?,20-,21?,22?,23-/m0/s1. The molecule has 1 aliphatic heterocycles. The Morgan fingerprint density at radius 3 is 2.03 bits per heavy atom. The van der Waals surface area contributed by atoms with E-state index in [4.69, 9.17) is 18.9 Å². The molecule has 0 radical (unpaired) electrons. The number of hydrogen-bond donors (Lipinski definition) is 0. The molecule has 0 bridgehead atoms. The summed E-state index contributed by atoms with van der Waals surface area (Å²) in [4.78, 5) is 24.5. The zero-order valence-corrected chi connectivity index (χ0v) is 18.0. The second-order valence-electron chi connectivity index (χ2n) is 7.05. The van der Waals surface area contributed by atoms with Gasteiger partial charge in [0.25, 0.3) is 0 Å². The van der Waals surface area contributed by atoms with Crippen molar-refractivity contribution in [1.29, 1.82) is 0 Å². The Morgan fingerprint density at radius 2 is 1.43 bits per heavy atom. The van der Waals surface area contributed by atoms with Gasteiger partial charge >= 0.3 is 11.9 Å². The van der Waals surface area contributed by atoms with Crippen LogP contribution in [0.5, 0.6) is 0 Å². The number of rotatable bonds is 7. The van der Waals surface area contributed by atoms with Gasteiger partial charge in [0.05, 0.1) is 12.7 Å². The van der Waals surface area contributed by atoms with Gasteiger partial charge in [0.15, 0.2) is 12.2 Å². The summed E-state index contributed by atoms with van der Waals surface area (Å²) in [5, 5.41) is 0. The van der Waals surface area contributed by atoms with Crippen molar-refractivity contribution >= 4 is 23.7 Å². The largest absolute Gasteiger partial charge is 0.456 e. The fraction of sp³-hybridized carbons (Fsp3) is 0.391. The van der Waals surface area contributed by atoms with E-state index in [1.807, 2.05) is 60.7 Å². The normalized spacial score (nSPS) is 26.0. The van der Waals surface area contributed by atoms with E-state index in [2.05, 4.69) is 0 Å². The summed E-state index contributed by atoms with van der Waals surface area (Å²) < 4.78 is 23.5. The van der Waals surface area contributed by atoms with E-state index in [0.717, 1.165) is 10.5 Å². The summed E-state index contributed by atoms with van der Waals surface area (Å²) in [5.74, 6) is -0.938. The summed E-state index contributed by atoms with van der Waals surface area (Å²) in [6.45, 7) is 4.76. The molecule has 3 rings (SSSR count). The topological polar surface area (TPSA) is 71.1 Å². The van der Waals surface area contributed by atoms with Crippen LogP contribution in [0.25, 0.3) is 0 Å². The van der Waals surface area contributed by atoms with Crippen molar-refractivity contribution in [3.8, 4) is 0 Å². The molecule has 1 fully saturated rings. The maximum atomic E-state index is 11.9. The van der Waals surface area contributed by atoms with Crippen LogP contribution in [0, 0.1) is 0 Å². The van der Waals surface area contributed by atoms with Crippen LogP contribution in [-0.4, -0.2) is 41.8 Å². The number of carbonyl (C=O) groups is 2. The molecule has 0 saturated carbocycles. The van der Waals surface area contributed by atoms with Gasteiger partial charge in [-0.05, 0) is 24.6 Å². The minimum atomic E-state index is -0.792. The number of thioether (sulfide) groups is 1. The van der Waals surface area contributed by atoms with Crippen LogP contribution in [0.3, 0.4) is 0 Å². The van der Waals surface area contributed by atoms with Crippen molar-refractivity contribution in [2.24, 2.45) is 0 Å². The van der Waals surface area contributed by atoms with Crippen LogP contribution < -0.4 is 0 Å². The Hall–Kier alpha value is -2.35. The highest BCUT2D eigenvalue weighted by molar-refractivity contribution is 7.99. The van der Waals surface area contributed by atoms with Gasteiger partial charge in [-0.25, -0.2) is 0 Å². The molecular formula is C23H26O6S. The number of esters is 2. The van der Waals surface area contributed by atoms with Gasteiger partial charge in [-0.3, -0.25) is 9.59 Å². The Morgan fingerprint density at radius 1 is 0.867 bits per heavy atom. The van der Waals surface area contributed by atoms with Crippen molar-refractivity contribution in [3.05, 3.63) is 66.2 Å². The van der Waals surface area contributed by atoms with Gasteiger partial charge in [0.2, 0.25) is 0 Å². The van der Waals surface area contributed by atoms with Gasteiger partial charge in [-0.1, -0.05) is 60.3 Å². The summed E-state index contributed by atoms with van der Waals surface area (Å²) >= 11 is 1.48. The van der Waals surface area contributed by atoms with Crippen LogP contribution in [0.4, 0.5) is 0 Å². The molecule has 0 amide bonds. The molecule has 160 valence electrons. The predicted molar refractivity (Wildman–Crippen MR) is 113 cm³/mol. The molecule has 6 nitrogen and oxygen atoms in total. The first-order chi connectivity index (χ1) is 14.4. The highest BCUT2D eigenvalue weighted by Gasteiger charge is 2.49. The van der Waals surface area contributed by atoms with E-state index in [-0.39, 0.29) is 0 Å². The van der Waals surface area contributed by atoms with Gasteiger partial charge in [-0.2, -0.15) is 0 Å². The Kier molecular flexibility index (Phi) is 7.90. The first-order valence-electron chi connectivity index (χ1n) is 9.81. The van der Waals surface area contributed by atoms with Gasteiger partial charge in [-0.15, -0.1) is 0 Å². The van der Waals surface area contributed by atoms with Crippen LogP contribution in [0.2, 0.25) is 0 Å². The molecule has 2 aromatic rings. The molecule has 7 heteroatoms. The lowest BCUT2D eigenvalue weighted by Gasteiger charge is -2.44. The van der Waals surface area contributed by atoms with Crippen LogP contribution in [-0.2, 0) is 35.1 Å². The average molecular weight is 431 g/mol. The second-order valence-corrected chi connectivity index (χ2v) is 8.22. The van der Waals surface area contributed by atoms with Crippen molar-refractivity contribution in [1.82, 2.24) is 0 Å². The van der Waals surface area contributed by atoms with E-state index in [1.165, 1.54) is 25.6 Å². The summed E-state index contributed by atoms with van der Waals surface area (Å²) in [5.41, 5.74) is 0.521. The Labute approximate surface area is 180 Å². The fourth-order valence-corrected chi connectivity index (χ4v) is 4.50. The van der Waals surface area contributed by atoms with E-state index in [9.17, 15) is 9.59 Å². The van der Waals surface area contributed by atoms with Crippen LogP contribution >= 0.6 is 11.8 Å². The molecule has 0 aromatic heterocycles. The van der Waals surface area contributed by atoms with Crippen molar-refractivity contribution in [2.45, 2.75) is 62.1 Å². The smallest absolute Gasteiger partial charge is 0.303 e. The number of carbonyl (C=O) groups excluding carboxylic acids is 2. The molecule has 3 unspecified atom stereocenters. The zero-order chi connectivity index (χ0) is 21.5. The number of hydrogen-bond acceptors (Lipinski definition) is 7. The molecular weight excluding hydrogens is 404 g/mol. The molecule has 0 N–H and O–H groups in total. The van der Waals surface area contributed by atoms with Crippen LogP contribution in [0.15, 0.2) is 65.6 Å². The third-order valence-electron chi connectivity index (χ3n) is 4.61. The highest BCUT2D eigenvalue weighted by Crippen LogP contribution is 2.37. The molecule has 0 aliphatic carbocycles. The Balaban J connectivity index is 1.88. The van der Waals surface area contributed by atoms with Gasteiger partial charge < -0.3 is 18.9 Å². The van der Waals surface area contributed by atoms with E-state index >= 15 is 0 Å². The first kappa shape index (κ1) is 22.3. The third-order valence-corrected chi connectivity index (χ3v) is 5.77. The molecule has 30 heavy (non-hydrogen) atoms. The second kappa shape index (κ2) is 10.6. The molecule has 1 aliphatic rings. The SMILES string of the molecule is CC(=O)OC1C(OCc2ccccc2)[C@H](Sc2ccccc2)OC(C)[C@@H]1OC(C)=O. The average Bonchev–Trinajstić information content (AvgIpc) is 2.71. The minimum absolute atomic E-state index is 0.305. The van der Waals surface area contributed by atoms with E-state index < -0.39 is 41.8 Å². The molecule has 5 atom stereocenters. The maximum absolute atomic E-state index is 11.9. The summed E-state index contributed by atoms with van der Waals surface area (Å²) in [6.07, 6.45) is -2.67. The zero-order valence-electron chi connectivity index (χ0n) is 17.2. The van der Waals surface area contributed by atoms with Crippen LogP contribution in [0.1, 0.15) is 26.3 Å². The number of ether oxygens (including phenoxy) is 4. The monoisotopic (exact) mass is 430 g/mol. The minimum Gasteiger partial charge on any atom is -0.456 e. The van der Waals surface area contributed by atoms with Crippen molar-refractivity contribution in [3.63, 3.8) is 0 Å². The predicted octanol–water partition coefficient (Wildman–Crippen LogP) is 3.97. The maximum Gasteiger partial charge on any atom is 0.303 e. The molecule has 1 heterocycles. The summed E-state index contributed by atoms with van der Waals surface area (Å²) in [6, 6.07) is 19.5. The third kappa shape index (κ3) is 6.08. The Bertz CT molecular complexity index is 828. The molecule has 1 saturated heterocycles. The molecule has 2 aromatic carbocycles. The fourth-order valence-electron chi connectivity index (χ4n) is 3.32. The van der Waals surface area contributed by atoms with Crippen molar-refractivity contribution < 1.29 is 28.5 Å². The lowest BCUT2D eigenvalue weighted by molar-refractivity contribution is -0.232. The van der Waals surface area contributed by atoms with Gasteiger partial charge in [0.1, 0.15) is 11.5 Å². The lowest BCUT2D eigenvalue weighted by atomic mass is 10.00. The number of benzene rings is 2. The highest BCUT2D eigenvalue weighted by atomic mass is 32.2. The van der Waals surface area contributed by atoms with Gasteiger partial charge in [0, 0.05) is 18.7 Å².